The largest absolute Gasteiger partial charge is 1.00 e. The van der Waals surface area contributed by atoms with Crippen molar-refractivity contribution in [2.45, 2.75) is 71.1 Å². The molecule has 0 bridgehead atoms. The number of hydrogen-bond donors (Lipinski definition) is 2. The first-order valence-corrected chi connectivity index (χ1v) is 11.8. The summed E-state index contributed by atoms with van der Waals surface area (Å²) in [6, 6.07) is 8.53. The third kappa shape index (κ3) is 22.3. The van der Waals surface area contributed by atoms with Crippen LogP contribution in [0.3, 0.4) is 0 Å². The molecular formula is C18H33NaO6PS+. The minimum Gasteiger partial charge on any atom is -1.00 e. The molecule has 152 valence electrons. The molecule has 2 N–H and O–H groups in total. The molecule has 27 heavy (non-hydrogen) atoms. The van der Waals surface area contributed by atoms with Gasteiger partial charge in [0.25, 0.3) is 0 Å². The Labute approximate surface area is 188 Å². The molecule has 0 heterocycles. The summed E-state index contributed by atoms with van der Waals surface area (Å²) in [6.45, 7) is 2.31. The first-order chi connectivity index (χ1) is 12.4. The maximum Gasteiger partial charge on any atom is 1.00 e. The molecule has 1 aromatic carbocycles. The SMILES string of the molecule is CCCCCCCCCCCCOS(=O)(=O)O.O=[P+](O)c1ccccc1.[H-].[Na+]. The van der Waals surface area contributed by atoms with Gasteiger partial charge in [0.15, 0.2) is 0 Å². The smallest absolute Gasteiger partial charge is 1.00 e. The van der Waals surface area contributed by atoms with Crippen molar-refractivity contribution in [1.82, 2.24) is 0 Å². The molecule has 0 aliphatic rings. The molecule has 0 saturated carbocycles. The molecule has 0 radical (unpaired) electrons. The zero-order chi connectivity index (χ0) is 19.7. The minimum atomic E-state index is -4.23. The van der Waals surface area contributed by atoms with Crippen LogP contribution in [0, 0.1) is 0 Å². The Morgan fingerprint density at radius 1 is 0.926 bits per heavy atom. The number of hydrogen-bond acceptors (Lipinski definition) is 4. The summed E-state index contributed by atoms with van der Waals surface area (Å²) in [6.07, 6.45) is 11.9. The van der Waals surface area contributed by atoms with Gasteiger partial charge < -0.3 is 1.43 Å². The molecular weight excluding hydrogens is 398 g/mol. The van der Waals surface area contributed by atoms with Crippen LogP contribution in [0.2, 0.25) is 0 Å². The van der Waals surface area contributed by atoms with E-state index in [-0.39, 0.29) is 37.6 Å². The van der Waals surface area contributed by atoms with Crippen molar-refractivity contribution in [2.75, 3.05) is 6.61 Å². The topological polar surface area (TPSA) is 101 Å². The van der Waals surface area contributed by atoms with Crippen molar-refractivity contribution in [3.8, 4) is 0 Å². The summed E-state index contributed by atoms with van der Waals surface area (Å²) in [4.78, 5) is 8.53. The van der Waals surface area contributed by atoms with Crippen LogP contribution in [0.4, 0.5) is 0 Å². The molecule has 0 spiro atoms. The summed E-state index contributed by atoms with van der Waals surface area (Å²) in [5, 5.41) is 0.479. The second-order valence-electron chi connectivity index (χ2n) is 6.04. The number of benzene rings is 1. The van der Waals surface area contributed by atoms with E-state index in [1.54, 1.807) is 24.3 Å². The second kappa shape index (κ2) is 19.5. The van der Waals surface area contributed by atoms with Gasteiger partial charge in [-0.3, -0.25) is 4.55 Å². The van der Waals surface area contributed by atoms with Gasteiger partial charge in [-0.25, -0.2) is 4.18 Å². The first-order valence-electron chi connectivity index (χ1n) is 9.20. The van der Waals surface area contributed by atoms with Crippen molar-refractivity contribution in [3.63, 3.8) is 0 Å². The van der Waals surface area contributed by atoms with E-state index in [9.17, 15) is 13.0 Å². The molecule has 1 atom stereocenters. The normalized spacial score (nSPS) is 11.1. The predicted octanol–water partition coefficient (Wildman–Crippen LogP) is 1.89. The van der Waals surface area contributed by atoms with Crippen molar-refractivity contribution >= 4 is 23.7 Å². The zero-order valence-electron chi connectivity index (χ0n) is 17.5. The fourth-order valence-electron chi connectivity index (χ4n) is 2.31. The average Bonchev–Trinajstić information content (AvgIpc) is 2.60. The third-order valence-corrected chi connectivity index (χ3v) is 4.91. The van der Waals surface area contributed by atoms with Gasteiger partial charge in [0.05, 0.1) is 6.61 Å². The van der Waals surface area contributed by atoms with Crippen molar-refractivity contribution in [2.24, 2.45) is 0 Å². The molecule has 0 aromatic heterocycles. The van der Waals surface area contributed by atoms with Crippen LogP contribution in [0.15, 0.2) is 30.3 Å². The van der Waals surface area contributed by atoms with Crippen molar-refractivity contribution < 1.29 is 57.6 Å². The Morgan fingerprint density at radius 3 is 1.74 bits per heavy atom. The summed E-state index contributed by atoms with van der Waals surface area (Å²) in [7, 11) is -6.38. The van der Waals surface area contributed by atoms with Crippen LogP contribution in [0.25, 0.3) is 0 Å². The van der Waals surface area contributed by atoms with Gasteiger partial charge >= 0.3 is 48.0 Å². The van der Waals surface area contributed by atoms with Gasteiger partial charge in [0.2, 0.25) is 5.30 Å². The average molecular weight is 431 g/mol. The van der Waals surface area contributed by atoms with Gasteiger partial charge in [0, 0.05) is 0 Å². The van der Waals surface area contributed by atoms with E-state index in [1.807, 2.05) is 6.07 Å². The molecule has 1 aromatic rings. The monoisotopic (exact) mass is 431 g/mol. The van der Waals surface area contributed by atoms with Crippen LogP contribution in [-0.2, 0) is 19.1 Å². The molecule has 1 rings (SSSR count). The van der Waals surface area contributed by atoms with Crippen molar-refractivity contribution in [1.29, 1.82) is 0 Å². The van der Waals surface area contributed by atoms with E-state index in [0.29, 0.717) is 11.7 Å². The van der Waals surface area contributed by atoms with E-state index in [1.165, 1.54) is 44.9 Å². The Morgan fingerprint density at radius 2 is 1.37 bits per heavy atom. The van der Waals surface area contributed by atoms with Crippen LogP contribution in [0.5, 0.6) is 0 Å². The van der Waals surface area contributed by atoms with Gasteiger partial charge in [-0.15, -0.1) is 0 Å². The standard InChI is InChI=1S/C12H26O4S.C6H5O2P.Na.H/c1-2-3-4-5-6-7-8-9-10-11-12-16-17(13,14)15;7-9(8)6-4-2-1-3-5-6;;/h2-12H2,1H3,(H,13,14,15);1-5H;;/q;;+1;-1/p+1. The molecule has 6 nitrogen and oxygen atoms in total. The Bertz CT molecular complexity index is 575. The maximum absolute atomic E-state index is 10.3. The molecule has 0 amide bonds. The Kier molecular flexibility index (Phi) is 21.2. The number of unbranched alkanes of at least 4 members (excludes halogenated alkanes) is 9. The van der Waals surface area contributed by atoms with E-state index >= 15 is 0 Å². The van der Waals surface area contributed by atoms with Gasteiger partial charge in [-0.05, 0) is 23.1 Å². The molecule has 9 heteroatoms. The van der Waals surface area contributed by atoms with E-state index in [2.05, 4.69) is 11.1 Å². The summed E-state index contributed by atoms with van der Waals surface area (Å²) >= 11 is 0. The van der Waals surface area contributed by atoms with Crippen LogP contribution in [-0.4, -0.2) is 24.5 Å². The Balaban J connectivity index is -0.000000482. The van der Waals surface area contributed by atoms with E-state index in [0.717, 1.165) is 12.8 Å². The summed E-state index contributed by atoms with van der Waals surface area (Å²) in [5.41, 5.74) is 0. The van der Waals surface area contributed by atoms with Gasteiger partial charge in [-0.1, -0.05) is 82.9 Å². The fraction of sp³-hybridized carbons (Fsp3) is 0.667. The quantitative estimate of drug-likeness (QED) is 0.214. The van der Waals surface area contributed by atoms with E-state index in [4.69, 9.17) is 9.45 Å². The fourth-order valence-corrected chi connectivity index (χ4v) is 3.06. The second-order valence-corrected chi connectivity index (χ2v) is 8.19. The maximum atomic E-state index is 10.3. The zero-order valence-corrected chi connectivity index (χ0v) is 20.3. The van der Waals surface area contributed by atoms with Crippen molar-refractivity contribution in [3.05, 3.63) is 30.3 Å². The third-order valence-electron chi connectivity index (χ3n) is 3.71. The molecule has 0 saturated heterocycles. The molecule has 0 aliphatic carbocycles. The molecule has 0 fully saturated rings. The van der Waals surface area contributed by atoms with Gasteiger partial charge in [-0.2, -0.15) is 13.3 Å². The molecule has 0 aliphatic heterocycles. The van der Waals surface area contributed by atoms with Crippen LogP contribution >= 0.6 is 8.03 Å². The summed E-state index contributed by atoms with van der Waals surface area (Å²) < 4.78 is 43.3. The predicted molar refractivity (Wildman–Crippen MR) is 106 cm³/mol. The molecule has 1 unspecified atom stereocenters. The number of rotatable bonds is 13. The van der Waals surface area contributed by atoms with Crippen LogP contribution < -0.4 is 34.9 Å². The van der Waals surface area contributed by atoms with Gasteiger partial charge in [0.1, 0.15) is 0 Å². The minimum absolute atomic E-state index is 0. The Hall–Kier alpha value is 0.150. The first kappa shape index (κ1) is 29.4. The summed E-state index contributed by atoms with van der Waals surface area (Å²) in [5.74, 6) is 0. The van der Waals surface area contributed by atoms with E-state index < -0.39 is 18.4 Å². The van der Waals surface area contributed by atoms with Crippen LogP contribution in [0.1, 0.15) is 72.6 Å².